The van der Waals surface area contributed by atoms with Gasteiger partial charge in [-0.25, -0.2) is 0 Å². The third kappa shape index (κ3) is 7.39. The Kier molecular flexibility index (Phi) is 8.13. The Morgan fingerprint density at radius 1 is 0.444 bits per heavy atom. The molecule has 0 aromatic heterocycles. The van der Waals surface area contributed by atoms with E-state index in [1.807, 2.05) is 48.5 Å². The molecule has 0 radical (unpaired) electrons. The number of hydrogen-bond acceptors (Lipinski definition) is 5. The first kappa shape index (κ1) is 19.4. The molecule has 0 saturated carbocycles. The van der Waals surface area contributed by atoms with E-state index in [4.69, 9.17) is 23.7 Å². The van der Waals surface area contributed by atoms with Crippen LogP contribution in [0.3, 0.4) is 0 Å². The highest BCUT2D eigenvalue weighted by Crippen LogP contribution is 2.21. The van der Waals surface area contributed by atoms with E-state index in [0.717, 1.165) is 48.7 Å². The molecule has 3 rings (SSSR count). The molecule has 5 nitrogen and oxygen atoms in total. The molecule has 0 aliphatic carbocycles. The minimum atomic E-state index is 0.493. The summed E-state index contributed by atoms with van der Waals surface area (Å²) in [6.45, 7) is 3.44. The van der Waals surface area contributed by atoms with Gasteiger partial charge >= 0.3 is 0 Å². The fourth-order valence-electron chi connectivity index (χ4n) is 2.78. The summed E-state index contributed by atoms with van der Waals surface area (Å²) in [6, 6.07) is 15.5. The van der Waals surface area contributed by atoms with E-state index >= 15 is 0 Å². The van der Waals surface area contributed by atoms with Gasteiger partial charge in [-0.1, -0.05) is 12.1 Å². The van der Waals surface area contributed by atoms with Gasteiger partial charge in [0.15, 0.2) is 0 Å². The maximum Gasteiger partial charge on any atom is 0.123 e. The van der Waals surface area contributed by atoms with Crippen LogP contribution in [0.15, 0.2) is 48.5 Å². The molecule has 5 heteroatoms. The van der Waals surface area contributed by atoms with Crippen molar-refractivity contribution in [2.24, 2.45) is 0 Å². The molecular weight excluding hydrogens is 344 g/mol. The summed E-state index contributed by atoms with van der Waals surface area (Å²) in [6.07, 6.45) is 4.31. The molecule has 0 saturated heterocycles. The van der Waals surface area contributed by atoms with Crippen LogP contribution in [0.2, 0.25) is 0 Å². The van der Waals surface area contributed by atoms with Crippen molar-refractivity contribution in [3.63, 3.8) is 0 Å². The van der Waals surface area contributed by atoms with E-state index in [1.54, 1.807) is 0 Å². The second kappa shape index (κ2) is 11.3. The molecule has 0 N–H and O–H groups in total. The number of ether oxygens (including phenoxy) is 5. The second-order valence-corrected chi connectivity index (χ2v) is 6.37. The molecule has 0 spiro atoms. The average molecular weight is 372 g/mol. The van der Waals surface area contributed by atoms with Gasteiger partial charge in [0.2, 0.25) is 0 Å². The lowest BCUT2D eigenvalue weighted by atomic mass is 10.2. The van der Waals surface area contributed by atoms with Crippen molar-refractivity contribution in [2.45, 2.75) is 25.7 Å². The third-order valence-electron chi connectivity index (χ3n) is 4.18. The van der Waals surface area contributed by atoms with E-state index in [-0.39, 0.29) is 0 Å². The Morgan fingerprint density at radius 2 is 0.852 bits per heavy atom. The van der Waals surface area contributed by atoms with Crippen LogP contribution >= 0.6 is 0 Å². The quantitative estimate of drug-likeness (QED) is 0.682. The molecule has 2 aromatic rings. The molecule has 0 fully saturated rings. The van der Waals surface area contributed by atoms with Gasteiger partial charge in [-0.3, -0.25) is 0 Å². The molecule has 1 heterocycles. The molecule has 2 aromatic carbocycles. The fourth-order valence-corrected chi connectivity index (χ4v) is 2.78. The molecule has 0 atom stereocenters. The SMILES string of the molecule is c1cc2cc(c1)OCCOCCOc1cccc(c1)OCCCCCCO2. The van der Waals surface area contributed by atoms with Gasteiger partial charge in [0, 0.05) is 12.1 Å². The zero-order chi connectivity index (χ0) is 18.6. The van der Waals surface area contributed by atoms with Crippen LogP contribution in [-0.4, -0.2) is 39.6 Å². The monoisotopic (exact) mass is 372 g/mol. The predicted octanol–water partition coefficient (Wildman–Crippen LogP) is 4.49. The highest BCUT2D eigenvalue weighted by atomic mass is 16.5. The summed E-state index contributed by atoms with van der Waals surface area (Å²) in [5, 5.41) is 0. The van der Waals surface area contributed by atoms with Crippen LogP contribution in [0.25, 0.3) is 0 Å². The highest BCUT2D eigenvalue weighted by Gasteiger charge is 2.01. The van der Waals surface area contributed by atoms with Crippen molar-refractivity contribution < 1.29 is 23.7 Å². The van der Waals surface area contributed by atoms with Gasteiger partial charge in [-0.2, -0.15) is 0 Å². The predicted molar refractivity (Wildman–Crippen MR) is 104 cm³/mol. The first-order valence-electron chi connectivity index (χ1n) is 9.69. The molecule has 4 bridgehead atoms. The molecule has 1 aliphatic rings. The molecule has 146 valence electrons. The van der Waals surface area contributed by atoms with E-state index in [0.29, 0.717) is 39.6 Å². The Morgan fingerprint density at radius 3 is 1.30 bits per heavy atom. The second-order valence-electron chi connectivity index (χ2n) is 6.37. The van der Waals surface area contributed by atoms with Crippen molar-refractivity contribution in [3.8, 4) is 23.0 Å². The topological polar surface area (TPSA) is 46.2 Å². The molecule has 27 heavy (non-hydrogen) atoms. The van der Waals surface area contributed by atoms with Gasteiger partial charge in [-0.15, -0.1) is 0 Å². The van der Waals surface area contributed by atoms with Crippen LogP contribution in [0, 0.1) is 0 Å². The Labute approximate surface area is 161 Å². The largest absolute Gasteiger partial charge is 0.493 e. The highest BCUT2D eigenvalue weighted by molar-refractivity contribution is 5.33. The molecular formula is C22H28O5. The van der Waals surface area contributed by atoms with Gasteiger partial charge in [0.25, 0.3) is 0 Å². The smallest absolute Gasteiger partial charge is 0.123 e. The maximum atomic E-state index is 5.82. The zero-order valence-corrected chi connectivity index (χ0v) is 15.7. The average Bonchev–Trinajstić information content (AvgIpc) is 2.69. The van der Waals surface area contributed by atoms with Crippen molar-refractivity contribution in [3.05, 3.63) is 48.5 Å². The number of benzene rings is 2. The minimum absolute atomic E-state index is 0.493. The van der Waals surface area contributed by atoms with Crippen LogP contribution < -0.4 is 18.9 Å². The minimum Gasteiger partial charge on any atom is -0.493 e. The molecule has 0 amide bonds. The standard InChI is InChI=1S/C22H28O5/c1-2-4-12-25-20-8-6-10-22(18-20)27-16-14-23-13-15-26-21-9-5-7-19(17-21)24-11-3-1/h5-10,17-18H,1-4,11-16H2. The first-order valence-corrected chi connectivity index (χ1v) is 9.69. The number of fused-ring (bicyclic) bond motifs is 4. The van der Waals surface area contributed by atoms with Gasteiger partial charge in [0.05, 0.1) is 26.4 Å². The van der Waals surface area contributed by atoms with Gasteiger partial charge in [-0.05, 0) is 49.9 Å². The molecule has 0 unspecified atom stereocenters. The lowest BCUT2D eigenvalue weighted by Gasteiger charge is -2.10. The van der Waals surface area contributed by atoms with Crippen LogP contribution in [0.1, 0.15) is 25.7 Å². The van der Waals surface area contributed by atoms with Crippen molar-refractivity contribution in [2.75, 3.05) is 39.6 Å². The van der Waals surface area contributed by atoms with Crippen LogP contribution in [0.4, 0.5) is 0 Å². The van der Waals surface area contributed by atoms with E-state index < -0.39 is 0 Å². The summed E-state index contributed by atoms with van der Waals surface area (Å²) in [5.41, 5.74) is 0. The first-order chi connectivity index (χ1) is 13.4. The van der Waals surface area contributed by atoms with Crippen molar-refractivity contribution >= 4 is 0 Å². The summed E-state index contributed by atoms with van der Waals surface area (Å²) in [7, 11) is 0. The van der Waals surface area contributed by atoms with E-state index in [9.17, 15) is 0 Å². The lowest BCUT2D eigenvalue weighted by molar-refractivity contribution is 0.0763. The fraction of sp³-hybridized carbons (Fsp3) is 0.455. The van der Waals surface area contributed by atoms with E-state index in [1.165, 1.54) is 0 Å². The Bertz CT molecular complexity index is 616. The van der Waals surface area contributed by atoms with Crippen LogP contribution in [-0.2, 0) is 4.74 Å². The number of hydrogen-bond donors (Lipinski definition) is 0. The normalized spacial score (nSPS) is 17.2. The van der Waals surface area contributed by atoms with E-state index in [2.05, 4.69) is 0 Å². The third-order valence-corrected chi connectivity index (χ3v) is 4.18. The summed E-state index contributed by atoms with van der Waals surface area (Å²) >= 11 is 0. The van der Waals surface area contributed by atoms with Crippen molar-refractivity contribution in [1.82, 2.24) is 0 Å². The van der Waals surface area contributed by atoms with Crippen molar-refractivity contribution in [1.29, 1.82) is 0 Å². The van der Waals surface area contributed by atoms with Gasteiger partial charge < -0.3 is 23.7 Å². The summed E-state index contributed by atoms with van der Waals surface area (Å²) in [4.78, 5) is 0. The van der Waals surface area contributed by atoms with Crippen LogP contribution in [0.5, 0.6) is 23.0 Å². The van der Waals surface area contributed by atoms with Gasteiger partial charge in [0.1, 0.15) is 36.2 Å². The number of rotatable bonds is 0. The lowest BCUT2D eigenvalue weighted by Crippen LogP contribution is -2.12. The summed E-state index contributed by atoms with van der Waals surface area (Å²) < 4.78 is 28.6. The maximum absolute atomic E-state index is 5.82. The summed E-state index contributed by atoms with van der Waals surface area (Å²) in [5.74, 6) is 3.28. The Hall–Kier alpha value is -2.40. The molecule has 1 aliphatic heterocycles. The Balaban J connectivity index is 1.51. The zero-order valence-electron chi connectivity index (χ0n) is 15.7.